The van der Waals surface area contributed by atoms with Gasteiger partial charge in [0.05, 0.1) is 0 Å². The van der Waals surface area contributed by atoms with Crippen LogP contribution in [0, 0.1) is 12.8 Å². The highest BCUT2D eigenvalue weighted by molar-refractivity contribution is 5.56. The number of hydrogen-bond donors (Lipinski definition) is 2. The predicted molar refractivity (Wildman–Crippen MR) is 63.3 cm³/mol. The van der Waals surface area contributed by atoms with E-state index in [0.717, 1.165) is 12.5 Å². The Balaban J connectivity index is 1.92. The van der Waals surface area contributed by atoms with Crippen LogP contribution in [0.5, 0.6) is 0 Å². The van der Waals surface area contributed by atoms with E-state index >= 15 is 0 Å². The molecule has 2 heteroatoms. The number of anilines is 1. The zero-order valence-electron chi connectivity index (χ0n) is 9.22. The van der Waals surface area contributed by atoms with Crippen LogP contribution in [0.25, 0.3) is 0 Å². The maximum atomic E-state index is 3.70. The normalized spacial score (nSPS) is 28.9. The van der Waals surface area contributed by atoms with Crippen LogP contribution < -0.4 is 10.6 Å². The molecule has 3 rings (SSSR count). The minimum absolute atomic E-state index is 0.695. The van der Waals surface area contributed by atoms with E-state index in [1.807, 2.05) is 0 Å². The summed E-state index contributed by atoms with van der Waals surface area (Å²) in [7, 11) is 0. The molecule has 0 bridgehead atoms. The summed E-state index contributed by atoms with van der Waals surface area (Å²) in [6, 6.07) is 7.48. The molecule has 2 N–H and O–H groups in total. The quantitative estimate of drug-likeness (QED) is 0.672. The Morgan fingerprint density at radius 3 is 3.20 bits per heavy atom. The Morgan fingerprint density at radius 1 is 1.33 bits per heavy atom. The lowest BCUT2D eigenvalue weighted by Gasteiger charge is -2.38. The lowest BCUT2D eigenvalue weighted by atomic mass is 9.83. The summed E-state index contributed by atoms with van der Waals surface area (Å²) in [4.78, 5) is 0. The molecular formula is C13H18N2. The highest BCUT2D eigenvalue weighted by Crippen LogP contribution is 2.31. The van der Waals surface area contributed by atoms with Crippen molar-refractivity contribution in [3.05, 3.63) is 29.3 Å². The second-order valence-electron chi connectivity index (χ2n) is 4.87. The Bertz CT molecular complexity index is 373. The average Bonchev–Trinajstić information content (AvgIpc) is 2.26. The predicted octanol–water partition coefficient (Wildman–Crippen LogP) is 1.94. The molecule has 1 fully saturated rings. The highest BCUT2D eigenvalue weighted by Gasteiger charge is 2.29. The van der Waals surface area contributed by atoms with Gasteiger partial charge in [-0.1, -0.05) is 12.1 Å². The number of aryl methyl sites for hydroxylation is 1. The van der Waals surface area contributed by atoms with Crippen molar-refractivity contribution in [2.75, 3.05) is 18.4 Å². The van der Waals surface area contributed by atoms with E-state index in [-0.39, 0.29) is 0 Å². The van der Waals surface area contributed by atoms with Gasteiger partial charge in [0.15, 0.2) is 0 Å². The molecule has 0 amide bonds. The summed E-state index contributed by atoms with van der Waals surface area (Å²) in [6.07, 6.45) is 2.50. The van der Waals surface area contributed by atoms with Crippen molar-refractivity contribution in [2.45, 2.75) is 25.8 Å². The fourth-order valence-corrected chi connectivity index (χ4v) is 2.81. The number of benzene rings is 1. The zero-order valence-corrected chi connectivity index (χ0v) is 9.22. The molecule has 0 saturated carbocycles. The minimum atomic E-state index is 0.695. The minimum Gasteiger partial charge on any atom is -0.382 e. The molecule has 2 nitrogen and oxygen atoms in total. The molecule has 0 aliphatic carbocycles. The average molecular weight is 202 g/mol. The van der Waals surface area contributed by atoms with E-state index in [4.69, 9.17) is 0 Å². The van der Waals surface area contributed by atoms with E-state index in [9.17, 15) is 0 Å². The Hall–Kier alpha value is -1.02. The van der Waals surface area contributed by atoms with Gasteiger partial charge in [-0.15, -0.1) is 0 Å². The Labute approximate surface area is 91.1 Å². The topological polar surface area (TPSA) is 24.1 Å². The van der Waals surface area contributed by atoms with Gasteiger partial charge >= 0.3 is 0 Å². The van der Waals surface area contributed by atoms with Crippen molar-refractivity contribution in [2.24, 2.45) is 5.92 Å². The van der Waals surface area contributed by atoms with Gasteiger partial charge in [0.25, 0.3) is 0 Å². The number of nitrogens with one attached hydrogen (secondary N) is 2. The van der Waals surface area contributed by atoms with Crippen LogP contribution in [0.3, 0.4) is 0 Å². The van der Waals surface area contributed by atoms with E-state index in [2.05, 4.69) is 35.8 Å². The van der Waals surface area contributed by atoms with E-state index in [1.54, 1.807) is 0 Å². The molecule has 1 aromatic carbocycles. The second kappa shape index (κ2) is 3.53. The first kappa shape index (κ1) is 9.22. The molecule has 1 aromatic rings. The van der Waals surface area contributed by atoms with Crippen LogP contribution in [-0.2, 0) is 6.42 Å². The largest absolute Gasteiger partial charge is 0.382 e. The van der Waals surface area contributed by atoms with Crippen LogP contribution in [0.15, 0.2) is 18.2 Å². The van der Waals surface area contributed by atoms with Crippen molar-refractivity contribution in [1.82, 2.24) is 5.32 Å². The molecule has 0 radical (unpaired) electrons. The fraction of sp³-hybridized carbons (Fsp3) is 0.538. The van der Waals surface area contributed by atoms with Gasteiger partial charge in [0, 0.05) is 18.3 Å². The first-order chi connectivity index (χ1) is 7.33. The van der Waals surface area contributed by atoms with Crippen LogP contribution in [0.4, 0.5) is 5.69 Å². The first-order valence-corrected chi connectivity index (χ1v) is 5.90. The van der Waals surface area contributed by atoms with Gasteiger partial charge < -0.3 is 10.6 Å². The third-order valence-electron chi connectivity index (χ3n) is 3.70. The van der Waals surface area contributed by atoms with Crippen LogP contribution >= 0.6 is 0 Å². The molecule has 2 aliphatic heterocycles. The van der Waals surface area contributed by atoms with Crippen molar-refractivity contribution in [3.8, 4) is 0 Å². The molecule has 0 spiro atoms. The van der Waals surface area contributed by atoms with Crippen LogP contribution in [0.2, 0.25) is 0 Å². The SMILES string of the molecule is Cc1ccc2c(c1)NC1CCNCC1C2. The lowest BCUT2D eigenvalue weighted by Crippen LogP contribution is -2.47. The third-order valence-corrected chi connectivity index (χ3v) is 3.70. The maximum Gasteiger partial charge on any atom is 0.0377 e. The van der Waals surface area contributed by atoms with Gasteiger partial charge in [-0.3, -0.25) is 0 Å². The molecule has 0 aromatic heterocycles. The molecule has 2 atom stereocenters. The summed E-state index contributed by atoms with van der Waals surface area (Å²) < 4.78 is 0. The van der Waals surface area contributed by atoms with Gasteiger partial charge in [-0.2, -0.15) is 0 Å². The molecule has 2 heterocycles. The standard InChI is InChI=1S/C13H18N2/c1-9-2-3-10-7-11-8-14-5-4-12(11)15-13(10)6-9/h2-3,6,11-12,14-15H,4-5,7-8H2,1H3. The summed E-state index contributed by atoms with van der Waals surface area (Å²) in [5.41, 5.74) is 4.22. The number of rotatable bonds is 0. The molecule has 80 valence electrons. The van der Waals surface area contributed by atoms with E-state index < -0.39 is 0 Å². The second-order valence-corrected chi connectivity index (χ2v) is 4.87. The lowest BCUT2D eigenvalue weighted by molar-refractivity contribution is 0.333. The Morgan fingerprint density at radius 2 is 2.27 bits per heavy atom. The number of fused-ring (bicyclic) bond motifs is 2. The summed E-state index contributed by atoms with van der Waals surface area (Å²) in [6.45, 7) is 4.50. The summed E-state index contributed by atoms with van der Waals surface area (Å²) in [5.74, 6) is 0.786. The van der Waals surface area contributed by atoms with Gasteiger partial charge in [0.2, 0.25) is 0 Å². The van der Waals surface area contributed by atoms with Gasteiger partial charge in [-0.25, -0.2) is 0 Å². The Kier molecular flexibility index (Phi) is 2.17. The van der Waals surface area contributed by atoms with E-state index in [0.29, 0.717) is 6.04 Å². The van der Waals surface area contributed by atoms with E-state index in [1.165, 1.54) is 36.2 Å². The van der Waals surface area contributed by atoms with Gasteiger partial charge in [-0.05, 0) is 49.4 Å². The van der Waals surface area contributed by atoms with Crippen molar-refractivity contribution in [3.63, 3.8) is 0 Å². The number of piperidine rings is 1. The van der Waals surface area contributed by atoms with Crippen molar-refractivity contribution in [1.29, 1.82) is 0 Å². The first-order valence-electron chi connectivity index (χ1n) is 5.90. The molecule has 2 aliphatic rings. The molecule has 1 saturated heterocycles. The fourth-order valence-electron chi connectivity index (χ4n) is 2.81. The molecule has 2 unspecified atom stereocenters. The van der Waals surface area contributed by atoms with Crippen LogP contribution in [0.1, 0.15) is 17.5 Å². The smallest absolute Gasteiger partial charge is 0.0377 e. The third kappa shape index (κ3) is 1.63. The van der Waals surface area contributed by atoms with Crippen LogP contribution in [-0.4, -0.2) is 19.1 Å². The highest BCUT2D eigenvalue weighted by atomic mass is 15.0. The monoisotopic (exact) mass is 202 g/mol. The summed E-state index contributed by atoms with van der Waals surface area (Å²) in [5, 5.41) is 7.19. The van der Waals surface area contributed by atoms with Crippen molar-refractivity contribution < 1.29 is 0 Å². The summed E-state index contributed by atoms with van der Waals surface area (Å²) >= 11 is 0. The van der Waals surface area contributed by atoms with Gasteiger partial charge in [0.1, 0.15) is 0 Å². The molecule has 15 heavy (non-hydrogen) atoms. The van der Waals surface area contributed by atoms with Crippen molar-refractivity contribution >= 4 is 5.69 Å². The molecular weight excluding hydrogens is 184 g/mol. The number of hydrogen-bond acceptors (Lipinski definition) is 2. The maximum absolute atomic E-state index is 3.70. The zero-order chi connectivity index (χ0) is 10.3.